The number of nitrogens with one attached hydrogen (secondary N) is 1. The number of benzene rings is 1. The van der Waals surface area contributed by atoms with Crippen LogP contribution in [0.2, 0.25) is 0 Å². The lowest BCUT2D eigenvalue weighted by molar-refractivity contribution is 1.000. The minimum Gasteiger partial charge on any atom is -0.368 e. The molecule has 0 saturated heterocycles. The third-order valence-corrected chi connectivity index (χ3v) is 4.22. The number of hydrogen-bond donors (Lipinski definition) is 2. The fourth-order valence-corrected chi connectivity index (χ4v) is 3.31. The van der Waals surface area contributed by atoms with Crippen LogP contribution in [0, 0.1) is 13.8 Å². The highest BCUT2D eigenvalue weighted by Crippen LogP contribution is 2.36. The molecule has 0 aliphatic carbocycles. The Bertz CT molecular complexity index is 762. The van der Waals surface area contributed by atoms with Crippen molar-refractivity contribution >= 4 is 27.4 Å². The zero-order valence-electron chi connectivity index (χ0n) is 12.2. The molecule has 1 aromatic carbocycles. The normalized spacial score (nSPS) is 11.0. The number of nitrogens with zero attached hydrogens (tertiary/aromatic N) is 2. The first-order valence-corrected chi connectivity index (χ1v) is 7.84. The predicted octanol–water partition coefficient (Wildman–Crippen LogP) is 3.35. The van der Waals surface area contributed by atoms with Crippen LogP contribution in [0.4, 0.5) is 5.82 Å². The summed E-state index contributed by atoms with van der Waals surface area (Å²) in [4.78, 5) is 10.1. The summed E-state index contributed by atoms with van der Waals surface area (Å²) in [7, 11) is 0. The van der Waals surface area contributed by atoms with Crippen LogP contribution in [-0.2, 0) is 0 Å². The molecule has 0 atom stereocenters. The van der Waals surface area contributed by atoms with Crippen LogP contribution in [0.5, 0.6) is 0 Å². The van der Waals surface area contributed by atoms with Gasteiger partial charge in [-0.1, -0.05) is 29.8 Å². The van der Waals surface area contributed by atoms with Gasteiger partial charge in [-0.25, -0.2) is 9.97 Å². The van der Waals surface area contributed by atoms with E-state index in [0.29, 0.717) is 13.1 Å². The molecule has 4 nitrogen and oxygen atoms in total. The molecular formula is C16H18N4S. The fourth-order valence-electron chi connectivity index (χ4n) is 2.31. The van der Waals surface area contributed by atoms with E-state index in [1.807, 2.05) is 6.92 Å². The summed E-state index contributed by atoms with van der Waals surface area (Å²) in [5.41, 5.74) is 9.22. The number of rotatable bonds is 4. The van der Waals surface area contributed by atoms with Gasteiger partial charge in [-0.2, -0.15) is 0 Å². The highest BCUT2D eigenvalue weighted by atomic mass is 32.1. The lowest BCUT2D eigenvalue weighted by Gasteiger charge is -2.08. The fraction of sp³-hybridized carbons (Fsp3) is 0.250. The van der Waals surface area contributed by atoms with Gasteiger partial charge in [-0.15, -0.1) is 11.3 Å². The maximum atomic E-state index is 5.60. The number of hydrogen-bond acceptors (Lipinski definition) is 5. The van der Waals surface area contributed by atoms with Gasteiger partial charge in [0.05, 0.1) is 5.39 Å². The SMILES string of the molecule is Cc1ccc(-c2csc3nc(C)nc(NCCN)c23)cc1. The predicted molar refractivity (Wildman–Crippen MR) is 89.9 cm³/mol. The van der Waals surface area contributed by atoms with Crippen molar-refractivity contribution in [3.63, 3.8) is 0 Å². The molecule has 0 aliphatic heterocycles. The van der Waals surface area contributed by atoms with Gasteiger partial charge in [0.1, 0.15) is 16.5 Å². The van der Waals surface area contributed by atoms with Crippen molar-refractivity contribution in [1.82, 2.24) is 9.97 Å². The van der Waals surface area contributed by atoms with E-state index in [9.17, 15) is 0 Å². The average Bonchev–Trinajstić information content (AvgIpc) is 2.89. The zero-order valence-corrected chi connectivity index (χ0v) is 13.0. The Balaban J connectivity index is 2.17. The summed E-state index contributed by atoms with van der Waals surface area (Å²) in [6.07, 6.45) is 0. The molecule has 3 rings (SSSR count). The van der Waals surface area contributed by atoms with Crippen LogP contribution in [0.3, 0.4) is 0 Å². The third kappa shape index (κ3) is 2.75. The van der Waals surface area contributed by atoms with Gasteiger partial charge < -0.3 is 11.1 Å². The Kier molecular flexibility index (Phi) is 3.86. The Morgan fingerprint density at radius 2 is 1.90 bits per heavy atom. The maximum absolute atomic E-state index is 5.60. The molecule has 0 amide bonds. The molecule has 0 fully saturated rings. The molecule has 0 bridgehead atoms. The van der Waals surface area contributed by atoms with Gasteiger partial charge in [0.2, 0.25) is 0 Å². The van der Waals surface area contributed by atoms with Gasteiger partial charge in [0.25, 0.3) is 0 Å². The minimum absolute atomic E-state index is 0.578. The topological polar surface area (TPSA) is 63.8 Å². The van der Waals surface area contributed by atoms with Crippen LogP contribution in [0.1, 0.15) is 11.4 Å². The Morgan fingerprint density at radius 3 is 2.62 bits per heavy atom. The van der Waals surface area contributed by atoms with Crippen LogP contribution in [-0.4, -0.2) is 23.1 Å². The van der Waals surface area contributed by atoms with Crippen molar-refractivity contribution in [2.45, 2.75) is 13.8 Å². The van der Waals surface area contributed by atoms with E-state index in [2.05, 4.69) is 51.9 Å². The van der Waals surface area contributed by atoms with E-state index < -0.39 is 0 Å². The molecule has 108 valence electrons. The largest absolute Gasteiger partial charge is 0.368 e. The van der Waals surface area contributed by atoms with Crippen LogP contribution >= 0.6 is 11.3 Å². The molecule has 2 heterocycles. The molecule has 0 unspecified atom stereocenters. The van der Waals surface area contributed by atoms with E-state index in [1.165, 1.54) is 16.7 Å². The second-order valence-electron chi connectivity index (χ2n) is 5.03. The summed E-state index contributed by atoms with van der Waals surface area (Å²) < 4.78 is 0. The molecular weight excluding hydrogens is 280 g/mol. The summed E-state index contributed by atoms with van der Waals surface area (Å²) in [5, 5.41) is 6.55. The summed E-state index contributed by atoms with van der Waals surface area (Å²) in [6.45, 7) is 5.29. The second kappa shape index (κ2) is 5.79. The number of fused-ring (bicyclic) bond motifs is 1. The average molecular weight is 298 g/mol. The van der Waals surface area contributed by atoms with Crippen LogP contribution in [0.15, 0.2) is 29.6 Å². The van der Waals surface area contributed by atoms with Crippen LogP contribution < -0.4 is 11.1 Å². The molecule has 0 aliphatic rings. The lowest BCUT2D eigenvalue weighted by Crippen LogP contribution is -2.14. The minimum atomic E-state index is 0.578. The number of nitrogens with two attached hydrogens (primary N) is 1. The zero-order chi connectivity index (χ0) is 14.8. The first-order valence-electron chi connectivity index (χ1n) is 6.96. The van der Waals surface area contributed by atoms with E-state index in [-0.39, 0.29) is 0 Å². The van der Waals surface area contributed by atoms with Gasteiger partial charge in [0.15, 0.2) is 0 Å². The molecule has 2 aromatic heterocycles. The van der Waals surface area contributed by atoms with E-state index >= 15 is 0 Å². The van der Waals surface area contributed by atoms with Crippen molar-refractivity contribution in [3.8, 4) is 11.1 Å². The number of anilines is 1. The van der Waals surface area contributed by atoms with E-state index in [0.717, 1.165) is 21.9 Å². The Labute approximate surface area is 128 Å². The number of aryl methyl sites for hydroxylation is 2. The summed E-state index contributed by atoms with van der Waals surface area (Å²) in [5.74, 6) is 1.65. The quantitative estimate of drug-likeness (QED) is 0.775. The molecule has 0 radical (unpaired) electrons. The van der Waals surface area contributed by atoms with Crippen molar-refractivity contribution in [2.75, 3.05) is 18.4 Å². The van der Waals surface area contributed by atoms with Gasteiger partial charge >= 0.3 is 0 Å². The first-order chi connectivity index (χ1) is 10.2. The molecule has 3 N–H and O–H groups in total. The van der Waals surface area contributed by atoms with Gasteiger partial charge in [0, 0.05) is 24.0 Å². The highest BCUT2D eigenvalue weighted by Gasteiger charge is 2.13. The molecule has 0 spiro atoms. The lowest BCUT2D eigenvalue weighted by atomic mass is 10.0. The van der Waals surface area contributed by atoms with Crippen molar-refractivity contribution in [2.24, 2.45) is 5.73 Å². The molecule has 0 saturated carbocycles. The number of thiophene rings is 1. The van der Waals surface area contributed by atoms with E-state index in [4.69, 9.17) is 5.73 Å². The van der Waals surface area contributed by atoms with Crippen molar-refractivity contribution < 1.29 is 0 Å². The monoisotopic (exact) mass is 298 g/mol. The summed E-state index contributed by atoms with van der Waals surface area (Å²) >= 11 is 1.65. The standard InChI is InChI=1S/C16H18N4S/c1-10-3-5-12(6-4-10)13-9-21-16-14(13)15(18-8-7-17)19-11(2)20-16/h3-6,9H,7-8,17H2,1-2H3,(H,18,19,20). The molecule has 3 aromatic rings. The maximum Gasteiger partial charge on any atom is 0.139 e. The van der Waals surface area contributed by atoms with E-state index in [1.54, 1.807) is 11.3 Å². The van der Waals surface area contributed by atoms with Gasteiger partial charge in [-0.3, -0.25) is 0 Å². The third-order valence-electron chi connectivity index (χ3n) is 3.34. The highest BCUT2D eigenvalue weighted by molar-refractivity contribution is 7.17. The van der Waals surface area contributed by atoms with Gasteiger partial charge in [-0.05, 0) is 19.4 Å². The van der Waals surface area contributed by atoms with Crippen molar-refractivity contribution in [1.29, 1.82) is 0 Å². The Morgan fingerprint density at radius 1 is 1.14 bits per heavy atom. The molecule has 21 heavy (non-hydrogen) atoms. The second-order valence-corrected chi connectivity index (χ2v) is 5.89. The van der Waals surface area contributed by atoms with Crippen molar-refractivity contribution in [3.05, 3.63) is 41.0 Å². The molecule has 5 heteroatoms. The Hall–Kier alpha value is -1.98. The first kappa shape index (κ1) is 14.0. The number of aromatic nitrogens is 2. The smallest absolute Gasteiger partial charge is 0.139 e. The summed E-state index contributed by atoms with van der Waals surface area (Å²) in [6, 6.07) is 8.54. The van der Waals surface area contributed by atoms with Crippen LogP contribution in [0.25, 0.3) is 21.3 Å².